The first-order valence-corrected chi connectivity index (χ1v) is 10.7. The van der Waals surface area contributed by atoms with Gasteiger partial charge in [0.2, 0.25) is 10.0 Å². The van der Waals surface area contributed by atoms with Crippen molar-refractivity contribution in [2.24, 2.45) is 4.99 Å². The zero-order valence-corrected chi connectivity index (χ0v) is 17.1. The second kappa shape index (κ2) is 8.98. The third-order valence-corrected chi connectivity index (χ3v) is 5.77. The van der Waals surface area contributed by atoms with Gasteiger partial charge in [-0.3, -0.25) is 4.79 Å². The molecule has 1 N–H and O–H groups in total. The lowest BCUT2D eigenvalue weighted by molar-refractivity contribution is 0.0997. The first-order valence-electron chi connectivity index (χ1n) is 9.26. The molecule has 1 aromatic heterocycles. The molecule has 1 amide bonds. The number of amides is 1. The van der Waals surface area contributed by atoms with Crippen molar-refractivity contribution in [3.8, 4) is 0 Å². The molecule has 29 heavy (non-hydrogen) atoms. The molecule has 0 saturated carbocycles. The molecule has 0 saturated heterocycles. The van der Waals surface area contributed by atoms with Crippen LogP contribution in [0, 0.1) is 0 Å². The van der Waals surface area contributed by atoms with E-state index in [1.807, 2.05) is 47.2 Å². The van der Waals surface area contributed by atoms with Crippen LogP contribution in [0.5, 0.6) is 0 Å². The number of aromatic nitrogens is 1. The predicted molar refractivity (Wildman–Crippen MR) is 112 cm³/mol. The van der Waals surface area contributed by atoms with Gasteiger partial charge in [-0.15, -0.1) is 0 Å². The standard InChI is InChI=1S/C22H23N3O3S/c1-17(2)24-29(27,28)20-12-8-11-19(15-20)22(26)23-21-13-6-7-14-25(21)16-18-9-4-3-5-10-18/h3-15,17,24H,16H2,1-2H3. The minimum absolute atomic E-state index is 0.0393. The number of nitrogens with zero attached hydrogens (tertiary/aromatic N) is 2. The number of pyridine rings is 1. The van der Waals surface area contributed by atoms with Crippen LogP contribution in [0.15, 0.2) is 88.9 Å². The Bertz CT molecular complexity index is 1170. The molecule has 3 aromatic rings. The van der Waals surface area contributed by atoms with Gasteiger partial charge in [0.05, 0.1) is 4.90 Å². The molecule has 0 fully saturated rings. The van der Waals surface area contributed by atoms with Crippen LogP contribution in [0.1, 0.15) is 29.8 Å². The number of nitrogens with one attached hydrogen (secondary N) is 1. The molecule has 0 unspecified atom stereocenters. The highest BCUT2D eigenvalue weighted by atomic mass is 32.2. The summed E-state index contributed by atoms with van der Waals surface area (Å²) in [5.41, 5.74) is 1.79. The zero-order chi connectivity index (χ0) is 20.9. The number of benzene rings is 2. The fourth-order valence-electron chi connectivity index (χ4n) is 2.83. The van der Waals surface area contributed by atoms with Gasteiger partial charge in [0.1, 0.15) is 5.49 Å². The lowest BCUT2D eigenvalue weighted by Gasteiger charge is -2.10. The molecule has 0 aliphatic carbocycles. The fraction of sp³-hybridized carbons (Fsp3) is 0.182. The quantitative estimate of drug-likeness (QED) is 0.680. The highest BCUT2D eigenvalue weighted by Gasteiger charge is 2.17. The number of hydrogen-bond acceptors (Lipinski definition) is 3. The molecule has 7 heteroatoms. The monoisotopic (exact) mass is 409 g/mol. The number of rotatable bonds is 6. The van der Waals surface area contributed by atoms with E-state index in [-0.39, 0.29) is 16.5 Å². The van der Waals surface area contributed by atoms with Crippen molar-refractivity contribution >= 4 is 15.9 Å². The van der Waals surface area contributed by atoms with Crippen LogP contribution in [-0.4, -0.2) is 24.9 Å². The molecule has 0 spiro atoms. The van der Waals surface area contributed by atoms with E-state index in [1.165, 1.54) is 12.1 Å². The summed E-state index contributed by atoms with van der Waals surface area (Å²) in [6, 6.07) is 21.0. The minimum Gasteiger partial charge on any atom is -0.328 e. The van der Waals surface area contributed by atoms with Crippen molar-refractivity contribution in [3.63, 3.8) is 0 Å². The van der Waals surface area contributed by atoms with Crippen LogP contribution in [0.3, 0.4) is 0 Å². The Morgan fingerprint density at radius 1 is 1.00 bits per heavy atom. The van der Waals surface area contributed by atoms with Gasteiger partial charge in [0.25, 0.3) is 5.91 Å². The van der Waals surface area contributed by atoms with Crippen LogP contribution in [0.2, 0.25) is 0 Å². The first kappa shape index (κ1) is 20.7. The van der Waals surface area contributed by atoms with E-state index in [4.69, 9.17) is 0 Å². The Balaban J connectivity index is 1.93. The maximum absolute atomic E-state index is 12.7. The molecule has 6 nitrogen and oxygen atoms in total. The SMILES string of the molecule is CC(C)NS(=O)(=O)c1cccc(C(=O)N=c2ccccn2Cc2ccccc2)c1. The Labute approximate surface area is 170 Å². The summed E-state index contributed by atoms with van der Waals surface area (Å²) in [7, 11) is -3.69. The Morgan fingerprint density at radius 2 is 1.72 bits per heavy atom. The van der Waals surface area contributed by atoms with Gasteiger partial charge in [-0.2, -0.15) is 4.99 Å². The molecule has 2 aromatic carbocycles. The van der Waals surface area contributed by atoms with E-state index >= 15 is 0 Å². The number of carbonyl (C=O) groups excluding carboxylic acids is 1. The summed E-state index contributed by atoms with van der Waals surface area (Å²) in [4.78, 5) is 17.0. The van der Waals surface area contributed by atoms with Crippen LogP contribution in [0.4, 0.5) is 0 Å². The lowest BCUT2D eigenvalue weighted by atomic mass is 10.2. The Hall–Kier alpha value is -3.03. The summed E-state index contributed by atoms with van der Waals surface area (Å²) in [5.74, 6) is -0.500. The molecule has 0 bridgehead atoms. The molecule has 0 aliphatic rings. The second-order valence-corrected chi connectivity index (χ2v) is 8.61. The third kappa shape index (κ3) is 5.49. The first-order chi connectivity index (χ1) is 13.8. The normalized spacial score (nSPS) is 12.3. The van der Waals surface area contributed by atoms with Crippen LogP contribution >= 0.6 is 0 Å². The van der Waals surface area contributed by atoms with E-state index in [0.717, 1.165) is 5.56 Å². The number of carbonyl (C=O) groups is 1. The summed E-state index contributed by atoms with van der Waals surface area (Å²) in [6.07, 6.45) is 1.85. The van der Waals surface area contributed by atoms with Crippen molar-refractivity contribution in [3.05, 3.63) is 95.6 Å². The average molecular weight is 410 g/mol. The molecule has 0 aliphatic heterocycles. The van der Waals surface area contributed by atoms with E-state index in [1.54, 1.807) is 38.1 Å². The largest absolute Gasteiger partial charge is 0.328 e. The van der Waals surface area contributed by atoms with Crippen LogP contribution < -0.4 is 10.2 Å². The van der Waals surface area contributed by atoms with Crippen molar-refractivity contribution in [1.82, 2.24) is 9.29 Å². The average Bonchev–Trinajstić information content (AvgIpc) is 2.69. The van der Waals surface area contributed by atoms with Crippen molar-refractivity contribution in [1.29, 1.82) is 0 Å². The van der Waals surface area contributed by atoms with E-state index in [9.17, 15) is 13.2 Å². The van der Waals surface area contributed by atoms with Gasteiger partial charge in [-0.05, 0) is 49.7 Å². The summed E-state index contributed by atoms with van der Waals surface area (Å²) in [5, 5.41) is 0. The summed E-state index contributed by atoms with van der Waals surface area (Å²) >= 11 is 0. The molecular weight excluding hydrogens is 386 g/mol. The van der Waals surface area contributed by atoms with Crippen molar-refractivity contribution in [2.45, 2.75) is 31.3 Å². The van der Waals surface area contributed by atoms with Crippen molar-refractivity contribution in [2.75, 3.05) is 0 Å². The van der Waals surface area contributed by atoms with E-state index in [0.29, 0.717) is 12.0 Å². The zero-order valence-electron chi connectivity index (χ0n) is 16.3. The molecule has 0 radical (unpaired) electrons. The minimum atomic E-state index is -3.69. The maximum atomic E-state index is 12.7. The highest BCUT2D eigenvalue weighted by Crippen LogP contribution is 2.13. The maximum Gasteiger partial charge on any atom is 0.278 e. The summed E-state index contributed by atoms with van der Waals surface area (Å²) < 4.78 is 29.1. The van der Waals surface area contributed by atoms with Crippen LogP contribution in [0.25, 0.3) is 0 Å². The lowest BCUT2D eigenvalue weighted by Crippen LogP contribution is -2.30. The molecule has 3 rings (SSSR count). The van der Waals surface area contributed by atoms with Gasteiger partial charge in [0.15, 0.2) is 0 Å². The van der Waals surface area contributed by atoms with Gasteiger partial charge < -0.3 is 4.57 Å². The van der Waals surface area contributed by atoms with Gasteiger partial charge in [0, 0.05) is 24.3 Å². The topological polar surface area (TPSA) is 80.5 Å². The fourth-order valence-corrected chi connectivity index (χ4v) is 4.12. The van der Waals surface area contributed by atoms with E-state index < -0.39 is 15.9 Å². The summed E-state index contributed by atoms with van der Waals surface area (Å²) in [6.45, 7) is 4.05. The van der Waals surface area contributed by atoms with Gasteiger partial charge >= 0.3 is 0 Å². The highest BCUT2D eigenvalue weighted by molar-refractivity contribution is 7.89. The predicted octanol–water partition coefficient (Wildman–Crippen LogP) is 2.96. The third-order valence-electron chi connectivity index (χ3n) is 4.11. The Kier molecular flexibility index (Phi) is 6.41. The van der Waals surface area contributed by atoms with Crippen molar-refractivity contribution < 1.29 is 13.2 Å². The molecule has 150 valence electrons. The smallest absolute Gasteiger partial charge is 0.278 e. The van der Waals surface area contributed by atoms with E-state index in [2.05, 4.69) is 9.71 Å². The van der Waals surface area contributed by atoms with Gasteiger partial charge in [-0.25, -0.2) is 13.1 Å². The number of hydrogen-bond donors (Lipinski definition) is 1. The number of sulfonamides is 1. The van der Waals surface area contributed by atoms with Crippen LogP contribution in [-0.2, 0) is 16.6 Å². The molecule has 1 heterocycles. The van der Waals surface area contributed by atoms with Gasteiger partial charge in [-0.1, -0.05) is 42.5 Å². The second-order valence-electron chi connectivity index (χ2n) is 6.89. The molecular formula is C22H23N3O3S. The Morgan fingerprint density at radius 3 is 2.45 bits per heavy atom. The molecule has 0 atom stereocenters.